The first-order valence-corrected chi connectivity index (χ1v) is 8.43. The number of hydrogen-bond acceptors (Lipinski definition) is 2. The Morgan fingerprint density at radius 2 is 1.44 bits per heavy atom. The van der Waals surface area contributed by atoms with Gasteiger partial charge >= 0.3 is 0 Å². The minimum Gasteiger partial charge on any atom is -0.339 e. The second kappa shape index (κ2) is 6.67. The summed E-state index contributed by atoms with van der Waals surface area (Å²) in [6.45, 7) is 0. The third-order valence-corrected chi connectivity index (χ3v) is 4.70. The van der Waals surface area contributed by atoms with E-state index in [0.717, 1.165) is 11.3 Å². The van der Waals surface area contributed by atoms with Gasteiger partial charge in [-0.2, -0.15) is 5.26 Å². The lowest BCUT2D eigenvalue weighted by atomic mass is 9.83. The van der Waals surface area contributed by atoms with Crippen LogP contribution < -0.4 is 4.90 Å². The molecule has 0 aliphatic carbocycles. The van der Waals surface area contributed by atoms with Crippen molar-refractivity contribution in [2.75, 3.05) is 4.90 Å². The summed E-state index contributed by atoms with van der Waals surface area (Å²) in [6.07, 6.45) is 4.22. The molecule has 120 valence electrons. The summed E-state index contributed by atoms with van der Waals surface area (Å²) in [5, 5.41) is 10.0. The summed E-state index contributed by atoms with van der Waals surface area (Å²) in [7, 11) is 0. The number of para-hydroxylation sites is 1. The van der Waals surface area contributed by atoms with E-state index in [-0.39, 0.29) is 12.0 Å². The van der Waals surface area contributed by atoms with Gasteiger partial charge in [0.2, 0.25) is 0 Å². The average molecular weight is 322 g/mol. The zero-order valence-corrected chi connectivity index (χ0v) is 13.8. The summed E-state index contributed by atoms with van der Waals surface area (Å²) in [6, 6.07) is 31.1. The topological polar surface area (TPSA) is 27.0 Å². The van der Waals surface area contributed by atoms with Crippen molar-refractivity contribution in [3.05, 3.63) is 108 Å². The minimum atomic E-state index is -0.257. The second-order valence-electron chi connectivity index (χ2n) is 6.15. The van der Waals surface area contributed by atoms with Crippen LogP contribution in [0.1, 0.15) is 28.7 Å². The van der Waals surface area contributed by atoms with Gasteiger partial charge in [-0.15, -0.1) is 0 Å². The van der Waals surface area contributed by atoms with E-state index in [2.05, 4.69) is 47.5 Å². The van der Waals surface area contributed by atoms with E-state index in [0.29, 0.717) is 0 Å². The first-order valence-electron chi connectivity index (χ1n) is 8.43. The van der Waals surface area contributed by atoms with Gasteiger partial charge in [0.1, 0.15) is 0 Å². The molecule has 4 rings (SSSR count). The Morgan fingerprint density at radius 1 is 0.800 bits per heavy atom. The van der Waals surface area contributed by atoms with Crippen molar-refractivity contribution >= 4 is 11.8 Å². The molecular formula is C23H18N2. The number of fused-ring (bicyclic) bond motifs is 1. The molecule has 1 aliphatic heterocycles. The first kappa shape index (κ1) is 15.2. The van der Waals surface area contributed by atoms with Crippen molar-refractivity contribution in [2.24, 2.45) is 0 Å². The molecule has 0 aromatic heterocycles. The maximum Gasteiger partial charge on any atom is 0.0961 e. The van der Waals surface area contributed by atoms with Crippen LogP contribution in [-0.4, -0.2) is 0 Å². The fourth-order valence-electron chi connectivity index (χ4n) is 3.51. The predicted molar refractivity (Wildman–Crippen MR) is 102 cm³/mol. The number of nitrogens with zero attached hydrogens (tertiary/aromatic N) is 2. The average Bonchev–Trinajstić information content (AvgIpc) is 2.70. The highest BCUT2D eigenvalue weighted by atomic mass is 15.2. The Hall–Kier alpha value is -3.31. The summed E-state index contributed by atoms with van der Waals surface area (Å²) >= 11 is 0. The zero-order valence-electron chi connectivity index (χ0n) is 13.8. The molecule has 1 aliphatic rings. The molecule has 2 nitrogen and oxygen atoms in total. The lowest BCUT2D eigenvalue weighted by Gasteiger charge is -2.37. The van der Waals surface area contributed by atoms with Crippen LogP contribution in [0.5, 0.6) is 0 Å². The highest BCUT2D eigenvalue weighted by Crippen LogP contribution is 2.42. The fourth-order valence-corrected chi connectivity index (χ4v) is 3.51. The summed E-state index contributed by atoms with van der Waals surface area (Å²) in [5.74, 6) is -0.257. The smallest absolute Gasteiger partial charge is 0.0961 e. The molecule has 0 amide bonds. The van der Waals surface area contributed by atoms with Crippen LogP contribution in [0, 0.1) is 11.3 Å². The lowest BCUT2D eigenvalue weighted by molar-refractivity contribution is 0.625. The Kier molecular flexibility index (Phi) is 4.06. The molecular weight excluding hydrogens is 304 g/mol. The van der Waals surface area contributed by atoms with Crippen molar-refractivity contribution in [2.45, 2.75) is 12.0 Å². The van der Waals surface area contributed by atoms with Gasteiger partial charge in [0.25, 0.3) is 0 Å². The molecule has 1 heterocycles. The van der Waals surface area contributed by atoms with Crippen LogP contribution in [0.15, 0.2) is 91.1 Å². The number of anilines is 1. The molecule has 0 fully saturated rings. The Balaban J connectivity index is 1.87. The lowest BCUT2D eigenvalue weighted by Crippen LogP contribution is -2.30. The summed E-state index contributed by atoms with van der Waals surface area (Å²) < 4.78 is 0. The number of hydrogen-bond donors (Lipinski definition) is 0. The molecule has 2 atom stereocenters. The molecule has 0 spiro atoms. The van der Waals surface area contributed by atoms with Crippen LogP contribution in [0.4, 0.5) is 5.69 Å². The number of nitriles is 1. The summed E-state index contributed by atoms with van der Waals surface area (Å²) in [4.78, 5) is 2.21. The molecule has 2 unspecified atom stereocenters. The van der Waals surface area contributed by atoms with Crippen LogP contribution in [0.3, 0.4) is 0 Å². The largest absolute Gasteiger partial charge is 0.339 e. The molecule has 0 radical (unpaired) electrons. The molecule has 0 saturated heterocycles. The predicted octanol–water partition coefficient (Wildman–Crippen LogP) is 5.53. The molecule has 3 aromatic carbocycles. The van der Waals surface area contributed by atoms with Crippen LogP contribution in [-0.2, 0) is 0 Å². The third-order valence-electron chi connectivity index (χ3n) is 4.70. The van der Waals surface area contributed by atoms with E-state index >= 15 is 0 Å². The first-order chi connectivity index (χ1) is 12.4. The maximum absolute atomic E-state index is 10.0. The van der Waals surface area contributed by atoms with Gasteiger partial charge in [0.05, 0.1) is 18.0 Å². The monoisotopic (exact) mass is 322 g/mol. The van der Waals surface area contributed by atoms with Crippen molar-refractivity contribution in [1.82, 2.24) is 0 Å². The van der Waals surface area contributed by atoms with Gasteiger partial charge in [-0.05, 0) is 34.9 Å². The van der Waals surface area contributed by atoms with E-state index in [1.807, 2.05) is 60.7 Å². The SMILES string of the molecule is N#CC(c1ccccc1)C1c2ccccc2C=CN1c1ccccc1. The quantitative estimate of drug-likeness (QED) is 0.634. The molecule has 0 saturated carbocycles. The van der Waals surface area contributed by atoms with E-state index in [1.165, 1.54) is 11.1 Å². The van der Waals surface area contributed by atoms with Gasteiger partial charge < -0.3 is 4.90 Å². The Labute approximate surface area is 148 Å². The van der Waals surface area contributed by atoms with E-state index in [9.17, 15) is 5.26 Å². The second-order valence-corrected chi connectivity index (χ2v) is 6.15. The summed E-state index contributed by atoms with van der Waals surface area (Å²) in [5.41, 5.74) is 4.50. The van der Waals surface area contributed by atoms with Gasteiger partial charge in [0.15, 0.2) is 0 Å². The number of rotatable bonds is 3. The molecule has 25 heavy (non-hydrogen) atoms. The van der Waals surface area contributed by atoms with Crippen LogP contribution in [0.2, 0.25) is 0 Å². The third kappa shape index (κ3) is 2.81. The van der Waals surface area contributed by atoms with Gasteiger partial charge in [-0.25, -0.2) is 0 Å². The Bertz CT molecular complexity index is 923. The van der Waals surface area contributed by atoms with Crippen LogP contribution >= 0.6 is 0 Å². The van der Waals surface area contributed by atoms with E-state index in [1.54, 1.807) is 0 Å². The zero-order chi connectivity index (χ0) is 17.1. The van der Waals surface area contributed by atoms with E-state index < -0.39 is 0 Å². The van der Waals surface area contributed by atoms with Gasteiger partial charge in [-0.3, -0.25) is 0 Å². The van der Waals surface area contributed by atoms with Gasteiger partial charge in [0, 0.05) is 11.9 Å². The molecule has 3 aromatic rings. The highest BCUT2D eigenvalue weighted by Gasteiger charge is 2.33. The van der Waals surface area contributed by atoms with E-state index in [4.69, 9.17) is 0 Å². The van der Waals surface area contributed by atoms with Crippen molar-refractivity contribution in [1.29, 1.82) is 5.26 Å². The Morgan fingerprint density at radius 3 is 2.16 bits per heavy atom. The van der Waals surface area contributed by atoms with Crippen molar-refractivity contribution in [3.63, 3.8) is 0 Å². The standard InChI is InChI=1S/C23H18N2/c24-17-22(18-9-3-1-4-10-18)23-21-14-8-7-11-19(21)15-16-25(23)20-12-5-2-6-13-20/h1-16,22-23H. The number of benzene rings is 3. The fraction of sp³-hybridized carbons (Fsp3) is 0.0870. The molecule has 2 heteroatoms. The van der Waals surface area contributed by atoms with Crippen LogP contribution in [0.25, 0.3) is 6.08 Å². The normalized spacial score (nSPS) is 16.8. The van der Waals surface area contributed by atoms with Crippen molar-refractivity contribution < 1.29 is 0 Å². The van der Waals surface area contributed by atoms with Crippen molar-refractivity contribution in [3.8, 4) is 6.07 Å². The maximum atomic E-state index is 10.0. The minimum absolute atomic E-state index is 0.0593. The highest BCUT2D eigenvalue weighted by molar-refractivity contribution is 5.67. The van der Waals surface area contributed by atoms with Gasteiger partial charge in [-0.1, -0.05) is 72.8 Å². The molecule has 0 N–H and O–H groups in total. The molecule has 0 bridgehead atoms.